The van der Waals surface area contributed by atoms with Crippen LogP contribution in [0.1, 0.15) is 16.6 Å². The van der Waals surface area contributed by atoms with Crippen LogP contribution < -0.4 is 5.32 Å². The maximum Gasteiger partial charge on any atom is 0.246 e. The normalized spacial score (nSPS) is 18.5. The number of aromatic amines is 1. The van der Waals surface area contributed by atoms with E-state index in [-0.39, 0.29) is 30.4 Å². The summed E-state index contributed by atoms with van der Waals surface area (Å²) in [7, 11) is 1.48. The summed E-state index contributed by atoms with van der Waals surface area (Å²) in [6.07, 6.45) is 0.356. The van der Waals surface area contributed by atoms with Crippen molar-refractivity contribution >= 4 is 23.2 Å². The van der Waals surface area contributed by atoms with E-state index in [0.29, 0.717) is 31.2 Å². The molecule has 2 aromatic heterocycles. The highest BCUT2D eigenvalue weighted by atomic mass is 32.1. The molecule has 8 nitrogen and oxygen atoms in total. The van der Waals surface area contributed by atoms with Gasteiger partial charge in [-0.1, -0.05) is 36.4 Å². The van der Waals surface area contributed by atoms with Crippen LogP contribution in [0.5, 0.6) is 0 Å². The first-order chi connectivity index (χ1) is 14.6. The zero-order chi connectivity index (χ0) is 20.9. The molecule has 2 N–H and O–H groups in total. The van der Waals surface area contributed by atoms with Crippen molar-refractivity contribution in [3.8, 4) is 11.4 Å². The standard InChI is InChI=1S/C21H23N5O3S/c1-29-13-18(27)22-17-12-26(19(28)10-15-8-5-9-30-15)11-16(17)21-23-20(24-25-21)14-6-3-2-4-7-14/h2-9,16-17H,10-13H2,1H3,(H,22,27)(H,23,24,25)/t16-,17-/m1/s1. The molecule has 1 aliphatic heterocycles. The molecule has 0 unspecified atom stereocenters. The molecule has 4 rings (SSSR count). The summed E-state index contributed by atoms with van der Waals surface area (Å²) in [4.78, 5) is 32.4. The minimum absolute atomic E-state index is 0.0297. The third kappa shape index (κ3) is 4.58. The molecular weight excluding hydrogens is 402 g/mol. The van der Waals surface area contributed by atoms with Crippen LogP contribution in [0.3, 0.4) is 0 Å². The Bertz CT molecular complexity index is 989. The van der Waals surface area contributed by atoms with E-state index in [1.807, 2.05) is 47.8 Å². The number of amides is 2. The molecule has 2 amide bonds. The zero-order valence-corrected chi connectivity index (χ0v) is 17.4. The van der Waals surface area contributed by atoms with Crippen LogP contribution in [-0.2, 0) is 20.7 Å². The highest BCUT2D eigenvalue weighted by molar-refractivity contribution is 7.10. The van der Waals surface area contributed by atoms with E-state index in [0.717, 1.165) is 10.4 Å². The maximum absolute atomic E-state index is 12.8. The van der Waals surface area contributed by atoms with Crippen molar-refractivity contribution in [2.45, 2.75) is 18.4 Å². The largest absolute Gasteiger partial charge is 0.375 e. The van der Waals surface area contributed by atoms with Crippen LogP contribution in [-0.4, -0.2) is 64.7 Å². The summed E-state index contributed by atoms with van der Waals surface area (Å²) in [5, 5.41) is 12.3. The van der Waals surface area contributed by atoms with Gasteiger partial charge in [0.05, 0.1) is 18.4 Å². The van der Waals surface area contributed by atoms with E-state index in [2.05, 4.69) is 20.5 Å². The summed E-state index contributed by atoms with van der Waals surface area (Å²) in [6.45, 7) is 0.856. The van der Waals surface area contributed by atoms with Gasteiger partial charge in [0.25, 0.3) is 0 Å². The molecule has 30 heavy (non-hydrogen) atoms. The van der Waals surface area contributed by atoms with Crippen molar-refractivity contribution < 1.29 is 14.3 Å². The predicted molar refractivity (Wildman–Crippen MR) is 113 cm³/mol. The average Bonchev–Trinajstić information content (AvgIpc) is 3.49. The van der Waals surface area contributed by atoms with Gasteiger partial charge in [0.2, 0.25) is 11.8 Å². The Balaban J connectivity index is 1.53. The molecule has 0 spiro atoms. The molecule has 1 aromatic carbocycles. The number of nitrogens with zero attached hydrogens (tertiary/aromatic N) is 3. The molecule has 0 saturated carbocycles. The van der Waals surface area contributed by atoms with Crippen molar-refractivity contribution in [1.82, 2.24) is 25.4 Å². The lowest BCUT2D eigenvalue weighted by molar-refractivity contribution is -0.130. The van der Waals surface area contributed by atoms with Gasteiger partial charge in [-0.05, 0) is 11.4 Å². The fraction of sp³-hybridized carbons (Fsp3) is 0.333. The minimum atomic E-state index is -0.267. The van der Waals surface area contributed by atoms with Crippen molar-refractivity contribution in [2.75, 3.05) is 26.8 Å². The molecule has 1 saturated heterocycles. The first-order valence-electron chi connectivity index (χ1n) is 9.70. The number of carbonyl (C=O) groups is 2. The quantitative estimate of drug-likeness (QED) is 0.602. The minimum Gasteiger partial charge on any atom is -0.375 e. The molecule has 3 heterocycles. The lowest BCUT2D eigenvalue weighted by Gasteiger charge is -2.17. The molecule has 156 valence electrons. The van der Waals surface area contributed by atoms with Crippen LogP contribution >= 0.6 is 11.3 Å². The average molecular weight is 426 g/mol. The number of methoxy groups -OCH3 is 1. The number of hydrogen-bond donors (Lipinski definition) is 2. The lowest BCUT2D eigenvalue weighted by Crippen LogP contribution is -2.42. The Hall–Kier alpha value is -3.04. The number of hydrogen-bond acceptors (Lipinski definition) is 6. The smallest absolute Gasteiger partial charge is 0.246 e. The number of benzene rings is 1. The van der Waals surface area contributed by atoms with Gasteiger partial charge in [-0.25, -0.2) is 4.98 Å². The second-order valence-electron chi connectivity index (χ2n) is 7.18. The molecule has 0 radical (unpaired) electrons. The van der Waals surface area contributed by atoms with Crippen LogP contribution in [0.2, 0.25) is 0 Å². The number of rotatable bonds is 7. The Labute approximate surface area is 178 Å². The second-order valence-corrected chi connectivity index (χ2v) is 8.21. The Kier molecular flexibility index (Phi) is 6.20. The van der Waals surface area contributed by atoms with E-state index in [1.165, 1.54) is 7.11 Å². The van der Waals surface area contributed by atoms with E-state index in [1.54, 1.807) is 16.2 Å². The number of ether oxygens (including phenoxy) is 1. The Morgan fingerprint density at radius 1 is 1.23 bits per heavy atom. The third-order valence-corrected chi connectivity index (χ3v) is 5.96. The van der Waals surface area contributed by atoms with Crippen LogP contribution in [0.15, 0.2) is 47.8 Å². The maximum atomic E-state index is 12.8. The second kappa shape index (κ2) is 9.19. The van der Waals surface area contributed by atoms with Gasteiger partial charge < -0.3 is 15.0 Å². The van der Waals surface area contributed by atoms with Crippen molar-refractivity contribution in [1.29, 1.82) is 0 Å². The Morgan fingerprint density at radius 3 is 2.80 bits per heavy atom. The van der Waals surface area contributed by atoms with E-state index >= 15 is 0 Å². The zero-order valence-electron chi connectivity index (χ0n) is 16.6. The van der Waals surface area contributed by atoms with Crippen LogP contribution in [0, 0.1) is 0 Å². The van der Waals surface area contributed by atoms with Gasteiger partial charge in [0, 0.05) is 30.6 Å². The molecule has 2 atom stereocenters. The topological polar surface area (TPSA) is 100 Å². The van der Waals surface area contributed by atoms with Crippen molar-refractivity contribution in [2.24, 2.45) is 0 Å². The van der Waals surface area contributed by atoms with Crippen LogP contribution in [0.25, 0.3) is 11.4 Å². The monoisotopic (exact) mass is 425 g/mol. The third-order valence-electron chi connectivity index (χ3n) is 5.09. The van der Waals surface area contributed by atoms with Gasteiger partial charge >= 0.3 is 0 Å². The SMILES string of the molecule is COCC(=O)N[C@@H]1CN(C(=O)Cc2cccs2)C[C@H]1c1nc(-c2ccccc2)n[nH]1. The van der Waals surface area contributed by atoms with E-state index < -0.39 is 0 Å². The number of thiophene rings is 1. The highest BCUT2D eigenvalue weighted by Gasteiger charge is 2.39. The first kappa shape index (κ1) is 20.2. The van der Waals surface area contributed by atoms with E-state index in [9.17, 15) is 9.59 Å². The van der Waals surface area contributed by atoms with Gasteiger partial charge in [-0.2, -0.15) is 5.10 Å². The molecule has 0 aliphatic carbocycles. The molecule has 9 heteroatoms. The lowest BCUT2D eigenvalue weighted by atomic mass is 10.0. The van der Waals surface area contributed by atoms with Gasteiger partial charge in [0.15, 0.2) is 5.82 Å². The summed E-state index contributed by atoms with van der Waals surface area (Å²) in [6, 6.07) is 13.3. The summed E-state index contributed by atoms with van der Waals surface area (Å²) in [5.41, 5.74) is 0.906. The van der Waals surface area contributed by atoms with Crippen molar-refractivity contribution in [3.63, 3.8) is 0 Å². The molecule has 0 bridgehead atoms. The number of nitrogens with one attached hydrogen (secondary N) is 2. The van der Waals surface area contributed by atoms with Crippen LogP contribution in [0.4, 0.5) is 0 Å². The van der Waals surface area contributed by atoms with E-state index in [4.69, 9.17) is 4.74 Å². The summed E-state index contributed by atoms with van der Waals surface area (Å²) < 4.78 is 4.93. The number of likely N-dealkylation sites (tertiary alicyclic amines) is 1. The number of carbonyl (C=O) groups excluding carboxylic acids is 2. The molecule has 3 aromatic rings. The molecule has 1 fully saturated rings. The molecular formula is C21H23N5O3S. The predicted octanol–water partition coefficient (Wildman–Crippen LogP) is 1.83. The first-order valence-corrected chi connectivity index (χ1v) is 10.6. The number of aromatic nitrogens is 3. The molecule has 1 aliphatic rings. The highest BCUT2D eigenvalue weighted by Crippen LogP contribution is 2.28. The fourth-order valence-electron chi connectivity index (χ4n) is 3.64. The van der Waals surface area contributed by atoms with Gasteiger partial charge in [0.1, 0.15) is 12.4 Å². The number of H-pyrrole nitrogens is 1. The summed E-state index contributed by atoms with van der Waals surface area (Å²) >= 11 is 1.56. The summed E-state index contributed by atoms with van der Waals surface area (Å²) in [5.74, 6) is 0.888. The fourth-order valence-corrected chi connectivity index (χ4v) is 4.34. The van der Waals surface area contributed by atoms with Gasteiger partial charge in [-0.15, -0.1) is 11.3 Å². The Morgan fingerprint density at radius 2 is 2.07 bits per heavy atom. The van der Waals surface area contributed by atoms with Crippen molar-refractivity contribution in [3.05, 3.63) is 58.5 Å². The van der Waals surface area contributed by atoms with Gasteiger partial charge in [-0.3, -0.25) is 14.7 Å².